The second-order valence-electron chi connectivity index (χ2n) is 7.21. The molecule has 6 heteroatoms. The zero-order valence-corrected chi connectivity index (χ0v) is 14.8. The van der Waals surface area contributed by atoms with E-state index in [1.54, 1.807) is 24.5 Å². The van der Waals surface area contributed by atoms with E-state index in [2.05, 4.69) is 26.3 Å². The van der Waals surface area contributed by atoms with E-state index >= 15 is 0 Å². The number of likely N-dealkylation sites (tertiary alicyclic amines) is 1. The molecule has 4 rings (SSSR count). The van der Waals surface area contributed by atoms with Gasteiger partial charge < -0.3 is 10.1 Å². The van der Waals surface area contributed by atoms with Crippen molar-refractivity contribution < 1.29 is 9.53 Å². The Morgan fingerprint density at radius 2 is 2.15 bits per heavy atom. The fourth-order valence-corrected chi connectivity index (χ4v) is 3.99. The number of rotatable bonds is 4. The van der Waals surface area contributed by atoms with Crippen molar-refractivity contribution in [2.24, 2.45) is 0 Å². The Balaban J connectivity index is 1.35. The molecule has 1 amide bonds. The first kappa shape index (κ1) is 17.1. The van der Waals surface area contributed by atoms with Crippen molar-refractivity contribution in [3.8, 4) is 0 Å². The van der Waals surface area contributed by atoms with E-state index in [4.69, 9.17) is 4.74 Å². The maximum Gasteiger partial charge on any atom is 0.251 e. The molecule has 2 atom stereocenters. The summed E-state index contributed by atoms with van der Waals surface area (Å²) in [6.07, 6.45) is 7.85. The largest absolute Gasteiger partial charge is 0.373 e. The van der Waals surface area contributed by atoms with Crippen LogP contribution in [0.5, 0.6) is 0 Å². The van der Waals surface area contributed by atoms with Crippen LogP contribution in [-0.4, -0.2) is 52.1 Å². The third kappa shape index (κ3) is 3.92. The normalized spacial score (nSPS) is 26.1. The zero-order chi connectivity index (χ0) is 17.8. The van der Waals surface area contributed by atoms with Crippen molar-refractivity contribution in [1.29, 1.82) is 0 Å². The highest BCUT2D eigenvalue weighted by atomic mass is 16.5. The van der Waals surface area contributed by atoms with Gasteiger partial charge in [0, 0.05) is 56.4 Å². The number of nitrogens with zero attached hydrogens (tertiary/aromatic N) is 3. The summed E-state index contributed by atoms with van der Waals surface area (Å²) in [6.45, 7) is 3.44. The molecule has 2 aliphatic rings. The first-order valence-corrected chi connectivity index (χ1v) is 9.20. The van der Waals surface area contributed by atoms with Gasteiger partial charge in [-0.3, -0.25) is 19.7 Å². The van der Waals surface area contributed by atoms with Crippen molar-refractivity contribution in [2.75, 3.05) is 19.7 Å². The number of pyridine rings is 2. The molecule has 0 bridgehead atoms. The van der Waals surface area contributed by atoms with Crippen LogP contribution < -0.4 is 5.32 Å². The van der Waals surface area contributed by atoms with Gasteiger partial charge in [-0.1, -0.05) is 6.07 Å². The number of carbonyl (C=O) groups is 1. The molecular formula is C20H24N4O2. The number of amides is 1. The minimum absolute atomic E-state index is 0.0298. The Morgan fingerprint density at radius 1 is 1.27 bits per heavy atom. The van der Waals surface area contributed by atoms with Crippen molar-refractivity contribution in [2.45, 2.75) is 37.5 Å². The average molecular weight is 352 g/mol. The third-order valence-corrected chi connectivity index (χ3v) is 5.28. The van der Waals surface area contributed by atoms with Gasteiger partial charge in [0.05, 0.1) is 11.3 Å². The first-order chi connectivity index (χ1) is 12.7. The average Bonchev–Trinajstić information content (AvgIpc) is 3.05. The molecule has 2 fully saturated rings. The number of aromatic nitrogens is 2. The molecule has 136 valence electrons. The maximum absolute atomic E-state index is 12.4. The molecule has 2 aliphatic heterocycles. The number of hydrogen-bond donors (Lipinski definition) is 1. The molecule has 0 saturated carbocycles. The smallest absolute Gasteiger partial charge is 0.251 e. The van der Waals surface area contributed by atoms with Gasteiger partial charge in [0.2, 0.25) is 0 Å². The van der Waals surface area contributed by atoms with Crippen LogP contribution in [0.4, 0.5) is 0 Å². The van der Waals surface area contributed by atoms with Crippen molar-refractivity contribution in [3.05, 3.63) is 60.2 Å². The monoisotopic (exact) mass is 352 g/mol. The lowest BCUT2D eigenvalue weighted by Crippen LogP contribution is -2.49. The van der Waals surface area contributed by atoms with E-state index in [1.165, 1.54) is 0 Å². The fraction of sp³-hybridized carbons (Fsp3) is 0.450. The summed E-state index contributed by atoms with van der Waals surface area (Å²) in [5, 5.41) is 3.17. The second-order valence-corrected chi connectivity index (χ2v) is 7.21. The standard InChI is InChI=1S/C20H24N4O2/c25-19(16-4-9-21-10-5-16)23-17-6-12-26-20(13-17)7-11-24(15-20)14-18-3-1-2-8-22-18/h1-5,8-10,17H,6-7,11-15H2,(H,23,25)/t17-,20+/m0/s1. The van der Waals surface area contributed by atoms with Crippen molar-refractivity contribution in [1.82, 2.24) is 20.2 Å². The Morgan fingerprint density at radius 3 is 2.96 bits per heavy atom. The Bertz CT molecular complexity index is 740. The minimum Gasteiger partial charge on any atom is -0.373 e. The molecule has 2 aromatic heterocycles. The highest BCUT2D eigenvalue weighted by Crippen LogP contribution is 2.34. The molecule has 0 unspecified atom stereocenters. The summed E-state index contributed by atoms with van der Waals surface area (Å²) in [4.78, 5) is 23.2. The molecule has 26 heavy (non-hydrogen) atoms. The van der Waals surface area contributed by atoms with Crippen LogP contribution in [0, 0.1) is 0 Å². The third-order valence-electron chi connectivity index (χ3n) is 5.28. The molecule has 0 radical (unpaired) electrons. The Kier molecular flexibility index (Phi) is 4.95. The molecule has 2 saturated heterocycles. The minimum atomic E-state index is -0.150. The van der Waals surface area contributed by atoms with Crippen LogP contribution >= 0.6 is 0 Å². The summed E-state index contributed by atoms with van der Waals surface area (Å²) in [5.74, 6) is -0.0298. The van der Waals surface area contributed by atoms with E-state index in [-0.39, 0.29) is 17.6 Å². The van der Waals surface area contributed by atoms with E-state index in [0.29, 0.717) is 12.2 Å². The summed E-state index contributed by atoms with van der Waals surface area (Å²) < 4.78 is 6.19. The lowest BCUT2D eigenvalue weighted by molar-refractivity contribution is -0.0793. The Hall–Kier alpha value is -2.31. The molecular weight excluding hydrogens is 328 g/mol. The van der Waals surface area contributed by atoms with Crippen LogP contribution in [-0.2, 0) is 11.3 Å². The quantitative estimate of drug-likeness (QED) is 0.912. The summed E-state index contributed by atoms with van der Waals surface area (Å²) in [6, 6.07) is 9.66. The lowest BCUT2D eigenvalue weighted by atomic mass is 9.89. The van der Waals surface area contributed by atoms with Gasteiger partial charge in [0.15, 0.2) is 0 Å². The van der Waals surface area contributed by atoms with Gasteiger partial charge in [-0.15, -0.1) is 0 Å². The van der Waals surface area contributed by atoms with E-state index < -0.39 is 0 Å². The predicted molar refractivity (Wildman–Crippen MR) is 97.5 cm³/mol. The SMILES string of the molecule is O=C(N[C@H]1CCO[C@]2(CCN(Cc3ccccn3)C2)C1)c1ccncc1. The number of carbonyl (C=O) groups excluding carboxylic acids is 1. The molecule has 0 aliphatic carbocycles. The van der Waals surface area contributed by atoms with Crippen LogP contribution in [0.25, 0.3) is 0 Å². The van der Waals surface area contributed by atoms with E-state index in [1.807, 2.05) is 18.3 Å². The summed E-state index contributed by atoms with van der Waals surface area (Å²) >= 11 is 0. The number of nitrogens with one attached hydrogen (secondary N) is 1. The zero-order valence-electron chi connectivity index (χ0n) is 14.8. The molecule has 4 heterocycles. The highest BCUT2D eigenvalue weighted by Gasteiger charge is 2.43. The first-order valence-electron chi connectivity index (χ1n) is 9.20. The number of hydrogen-bond acceptors (Lipinski definition) is 5. The Labute approximate surface area is 153 Å². The topological polar surface area (TPSA) is 67.3 Å². The van der Waals surface area contributed by atoms with Gasteiger partial charge in [-0.25, -0.2) is 0 Å². The second kappa shape index (κ2) is 7.51. The van der Waals surface area contributed by atoms with Gasteiger partial charge in [-0.05, 0) is 43.5 Å². The van der Waals surface area contributed by atoms with Crippen molar-refractivity contribution >= 4 is 5.91 Å². The molecule has 0 aromatic carbocycles. The van der Waals surface area contributed by atoms with Gasteiger partial charge in [0.1, 0.15) is 0 Å². The molecule has 6 nitrogen and oxygen atoms in total. The number of ether oxygens (including phenoxy) is 1. The van der Waals surface area contributed by atoms with Crippen LogP contribution in [0.15, 0.2) is 48.9 Å². The van der Waals surface area contributed by atoms with E-state index in [0.717, 1.165) is 44.6 Å². The molecule has 1 spiro atoms. The summed E-state index contributed by atoms with van der Waals surface area (Å²) in [5.41, 5.74) is 1.59. The van der Waals surface area contributed by atoms with E-state index in [9.17, 15) is 4.79 Å². The lowest BCUT2D eigenvalue weighted by Gasteiger charge is -2.38. The fourth-order valence-electron chi connectivity index (χ4n) is 3.99. The predicted octanol–water partition coefficient (Wildman–Crippen LogP) is 2.03. The highest BCUT2D eigenvalue weighted by molar-refractivity contribution is 5.94. The van der Waals surface area contributed by atoms with Crippen molar-refractivity contribution in [3.63, 3.8) is 0 Å². The molecule has 1 N–H and O–H groups in total. The van der Waals surface area contributed by atoms with Gasteiger partial charge >= 0.3 is 0 Å². The van der Waals surface area contributed by atoms with Crippen LogP contribution in [0.2, 0.25) is 0 Å². The van der Waals surface area contributed by atoms with Gasteiger partial charge in [0.25, 0.3) is 5.91 Å². The van der Waals surface area contributed by atoms with Gasteiger partial charge in [-0.2, -0.15) is 0 Å². The molecule has 2 aromatic rings. The summed E-state index contributed by atoms with van der Waals surface area (Å²) in [7, 11) is 0. The maximum atomic E-state index is 12.4. The van der Waals surface area contributed by atoms with Crippen LogP contribution in [0.3, 0.4) is 0 Å². The van der Waals surface area contributed by atoms with Crippen LogP contribution in [0.1, 0.15) is 35.3 Å².